The van der Waals surface area contributed by atoms with Crippen molar-refractivity contribution in [1.82, 2.24) is 5.32 Å². The third-order valence-electron chi connectivity index (χ3n) is 3.12. The van der Waals surface area contributed by atoms with Crippen LogP contribution in [-0.4, -0.2) is 18.6 Å². The second-order valence-electron chi connectivity index (χ2n) is 6.31. The molecule has 0 unspecified atom stereocenters. The van der Waals surface area contributed by atoms with Crippen LogP contribution >= 0.6 is 0 Å². The standard InChI is InChI=1S/C15H25FN2/c1-14(2,11-18-9-8-15(3,4)17)12-6-5-7-13(16)10-12/h5-7,10,18H,8-9,11,17H2,1-4H3. The number of nitrogens with two attached hydrogens (primary N) is 1. The number of halogens is 1. The van der Waals surface area contributed by atoms with Gasteiger partial charge in [0.2, 0.25) is 0 Å². The highest BCUT2D eigenvalue weighted by atomic mass is 19.1. The van der Waals surface area contributed by atoms with Gasteiger partial charge in [-0.05, 0) is 44.5 Å². The van der Waals surface area contributed by atoms with Gasteiger partial charge in [-0.1, -0.05) is 26.0 Å². The third kappa shape index (κ3) is 5.15. The largest absolute Gasteiger partial charge is 0.326 e. The van der Waals surface area contributed by atoms with Crippen molar-refractivity contribution in [3.05, 3.63) is 35.6 Å². The van der Waals surface area contributed by atoms with Crippen molar-refractivity contribution >= 4 is 0 Å². The molecule has 0 amide bonds. The van der Waals surface area contributed by atoms with Crippen molar-refractivity contribution in [2.24, 2.45) is 5.73 Å². The second-order valence-corrected chi connectivity index (χ2v) is 6.31. The van der Waals surface area contributed by atoms with Gasteiger partial charge in [-0.2, -0.15) is 0 Å². The summed E-state index contributed by atoms with van der Waals surface area (Å²) in [5, 5.41) is 3.40. The van der Waals surface area contributed by atoms with Gasteiger partial charge >= 0.3 is 0 Å². The van der Waals surface area contributed by atoms with Crippen LogP contribution in [0.3, 0.4) is 0 Å². The van der Waals surface area contributed by atoms with Crippen LogP contribution in [0.1, 0.15) is 39.7 Å². The van der Waals surface area contributed by atoms with E-state index in [1.807, 2.05) is 19.9 Å². The highest BCUT2D eigenvalue weighted by Gasteiger charge is 2.20. The first-order valence-electron chi connectivity index (χ1n) is 6.46. The van der Waals surface area contributed by atoms with Crippen LogP contribution in [0.4, 0.5) is 4.39 Å². The van der Waals surface area contributed by atoms with Gasteiger partial charge in [0.15, 0.2) is 0 Å². The molecule has 0 aromatic heterocycles. The molecule has 1 rings (SSSR count). The van der Waals surface area contributed by atoms with Crippen LogP contribution in [0, 0.1) is 5.82 Å². The summed E-state index contributed by atoms with van der Waals surface area (Å²) in [5.74, 6) is -0.177. The lowest BCUT2D eigenvalue weighted by molar-refractivity contribution is 0.417. The van der Waals surface area contributed by atoms with Crippen LogP contribution in [0.25, 0.3) is 0 Å². The smallest absolute Gasteiger partial charge is 0.123 e. The van der Waals surface area contributed by atoms with Gasteiger partial charge in [0, 0.05) is 17.5 Å². The Morgan fingerprint density at radius 2 is 1.89 bits per heavy atom. The predicted molar refractivity (Wildman–Crippen MR) is 75.2 cm³/mol. The van der Waals surface area contributed by atoms with E-state index in [0.717, 1.165) is 25.1 Å². The van der Waals surface area contributed by atoms with Gasteiger partial charge in [0.1, 0.15) is 5.82 Å². The molecular formula is C15H25FN2. The molecule has 3 heteroatoms. The first-order valence-corrected chi connectivity index (χ1v) is 6.46. The summed E-state index contributed by atoms with van der Waals surface area (Å²) in [4.78, 5) is 0. The maximum absolute atomic E-state index is 13.2. The van der Waals surface area contributed by atoms with Crippen LogP contribution in [0.5, 0.6) is 0 Å². The first kappa shape index (κ1) is 15.1. The molecular weight excluding hydrogens is 227 g/mol. The highest BCUT2D eigenvalue weighted by molar-refractivity contribution is 5.24. The van der Waals surface area contributed by atoms with E-state index in [9.17, 15) is 4.39 Å². The van der Waals surface area contributed by atoms with E-state index < -0.39 is 0 Å². The molecule has 0 aliphatic rings. The Bertz CT molecular complexity index is 380. The Balaban J connectivity index is 2.50. The molecule has 0 saturated carbocycles. The lowest BCUT2D eigenvalue weighted by Gasteiger charge is -2.27. The lowest BCUT2D eigenvalue weighted by Crippen LogP contribution is -2.39. The topological polar surface area (TPSA) is 38.0 Å². The number of hydrogen-bond donors (Lipinski definition) is 2. The number of hydrogen-bond acceptors (Lipinski definition) is 2. The minimum atomic E-state index is -0.177. The molecule has 0 fully saturated rings. The Morgan fingerprint density at radius 3 is 2.44 bits per heavy atom. The maximum Gasteiger partial charge on any atom is 0.123 e. The van der Waals surface area contributed by atoms with Crippen molar-refractivity contribution in [3.8, 4) is 0 Å². The molecule has 0 spiro atoms. The lowest BCUT2D eigenvalue weighted by atomic mass is 9.84. The molecule has 0 bridgehead atoms. The van der Waals surface area contributed by atoms with E-state index in [0.29, 0.717) is 0 Å². The van der Waals surface area contributed by atoms with Crippen molar-refractivity contribution < 1.29 is 4.39 Å². The fourth-order valence-corrected chi connectivity index (χ4v) is 1.82. The minimum absolute atomic E-state index is 0.0825. The van der Waals surface area contributed by atoms with E-state index in [1.54, 1.807) is 12.1 Å². The predicted octanol–water partition coefficient (Wildman–Crippen LogP) is 2.82. The van der Waals surface area contributed by atoms with E-state index >= 15 is 0 Å². The van der Waals surface area contributed by atoms with Gasteiger partial charge in [0.05, 0.1) is 0 Å². The van der Waals surface area contributed by atoms with Gasteiger partial charge in [-0.25, -0.2) is 4.39 Å². The van der Waals surface area contributed by atoms with E-state index in [2.05, 4.69) is 19.2 Å². The molecule has 1 aromatic rings. The van der Waals surface area contributed by atoms with Crippen LogP contribution in [-0.2, 0) is 5.41 Å². The van der Waals surface area contributed by atoms with Crippen molar-refractivity contribution in [2.45, 2.75) is 45.1 Å². The normalized spacial score (nSPS) is 12.8. The maximum atomic E-state index is 13.2. The monoisotopic (exact) mass is 252 g/mol. The quantitative estimate of drug-likeness (QED) is 0.764. The summed E-state index contributed by atoms with van der Waals surface area (Å²) in [6.07, 6.45) is 0.923. The van der Waals surface area contributed by atoms with Gasteiger partial charge in [-0.15, -0.1) is 0 Å². The van der Waals surface area contributed by atoms with Crippen molar-refractivity contribution in [1.29, 1.82) is 0 Å². The molecule has 0 atom stereocenters. The SMILES string of the molecule is CC(C)(N)CCNCC(C)(C)c1cccc(F)c1. The van der Waals surface area contributed by atoms with Gasteiger partial charge < -0.3 is 11.1 Å². The van der Waals surface area contributed by atoms with Crippen molar-refractivity contribution in [2.75, 3.05) is 13.1 Å². The molecule has 0 aliphatic carbocycles. The van der Waals surface area contributed by atoms with Gasteiger partial charge in [-0.3, -0.25) is 0 Å². The Hall–Kier alpha value is -0.930. The summed E-state index contributed by atoms with van der Waals surface area (Å²) < 4.78 is 13.2. The molecule has 0 heterocycles. The fraction of sp³-hybridized carbons (Fsp3) is 0.600. The zero-order valence-electron chi connectivity index (χ0n) is 11.9. The highest BCUT2D eigenvalue weighted by Crippen LogP contribution is 2.22. The average Bonchev–Trinajstić information content (AvgIpc) is 2.23. The third-order valence-corrected chi connectivity index (χ3v) is 3.12. The Labute approximate surface area is 110 Å². The zero-order valence-corrected chi connectivity index (χ0v) is 11.9. The average molecular weight is 252 g/mol. The fourth-order valence-electron chi connectivity index (χ4n) is 1.82. The van der Waals surface area contributed by atoms with E-state index in [1.165, 1.54) is 6.07 Å². The van der Waals surface area contributed by atoms with Crippen LogP contribution < -0.4 is 11.1 Å². The van der Waals surface area contributed by atoms with E-state index in [-0.39, 0.29) is 16.8 Å². The minimum Gasteiger partial charge on any atom is -0.326 e. The summed E-state index contributed by atoms with van der Waals surface area (Å²) in [6.45, 7) is 9.96. The van der Waals surface area contributed by atoms with Crippen molar-refractivity contribution in [3.63, 3.8) is 0 Å². The first-order chi connectivity index (χ1) is 8.21. The summed E-state index contributed by atoms with van der Waals surface area (Å²) in [5.41, 5.74) is 6.72. The summed E-state index contributed by atoms with van der Waals surface area (Å²) in [6, 6.07) is 6.81. The molecule has 3 N–H and O–H groups in total. The molecule has 2 nitrogen and oxygen atoms in total. The van der Waals surface area contributed by atoms with Crippen LogP contribution in [0.15, 0.2) is 24.3 Å². The molecule has 1 aromatic carbocycles. The van der Waals surface area contributed by atoms with E-state index in [4.69, 9.17) is 5.73 Å². The second kappa shape index (κ2) is 5.81. The van der Waals surface area contributed by atoms with Gasteiger partial charge in [0.25, 0.3) is 0 Å². The summed E-state index contributed by atoms with van der Waals surface area (Å²) in [7, 11) is 0. The molecule has 0 aliphatic heterocycles. The molecule has 0 radical (unpaired) electrons. The Morgan fingerprint density at radius 1 is 1.22 bits per heavy atom. The Kier molecular flexibility index (Phi) is 4.88. The molecule has 0 saturated heterocycles. The number of rotatable bonds is 6. The zero-order chi connectivity index (χ0) is 13.8. The summed E-state index contributed by atoms with van der Waals surface area (Å²) >= 11 is 0. The van der Waals surface area contributed by atoms with Crippen LogP contribution in [0.2, 0.25) is 0 Å². The molecule has 18 heavy (non-hydrogen) atoms. The number of nitrogens with one attached hydrogen (secondary N) is 1. The number of benzene rings is 1. The molecule has 102 valence electrons.